The van der Waals surface area contributed by atoms with Gasteiger partial charge in [0.15, 0.2) is 0 Å². The third-order valence-electron chi connectivity index (χ3n) is 3.39. The highest BCUT2D eigenvalue weighted by atomic mass is 16.5. The van der Waals surface area contributed by atoms with Gasteiger partial charge in [0.25, 0.3) is 0 Å². The van der Waals surface area contributed by atoms with Crippen molar-refractivity contribution in [3.8, 4) is 5.75 Å². The minimum atomic E-state index is 0.0863. The van der Waals surface area contributed by atoms with Crippen LogP contribution in [0.25, 0.3) is 0 Å². The molecule has 1 aliphatic rings. The van der Waals surface area contributed by atoms with Gasteiger partial charge in [-0.2, -0.15) is 0 Å². The second-order valence-corrected chi connectivity index (χ2v) is 4.94. The molecule has 0 aliphatic carbocycles. The number of amides is 2. The van der Waals surface area contributed by atoms with Crippen LogP contribution in [0.1, 0.15) is 12.0 Å². The van der Waals surface area contributed by atoms with Gasteiger partial charge >= 0.3 is 0 Å². The number of aryl methyl sites for hydroxylation is 1. The summed E-state index contributed by atoms with van der Waals surface area (Å²) in [5, 5.41) is 0. The lowest BCUT2D eigenvalue weighted by molar-refractivity contribution is -0.135. The van der Waals surface area contributed by atoms with Crippen molar-refractivity contribution in [2.45, 2.75) is 13.3 Å². The van der Waals surface area contributed by atoms with Gasteiger partial charge in [-0.1, -0.05) is 12.1 Å². The second-order valence-electron chi connectivity index (χ2n) is 4.94. The van der Waals surface area contributed by atoms with E-state index in [1.54, 1.807) is 9.80 Å². The van der Waals surface area contributed by atoms with Crippen molar-refractivity contribution < 1.29 is 14.3 Å². The van der Waals surface area contributed by atoms with Crippen molar-refractivity contribution in [3.05, 3.63) is 29.8 Å². The molecule has 0 saturated carbocycles. The molecule has 2 amide bonds. The molecule has 0 bridgehead atoms. The lowest BCUT2D eigenvalue weighted by Gasteiger charge is -2.32. The lowest BCUT2D eigenvalue weighted by atomic mass is 10.2. The first-order valence-corrected chi connectivity index (χ1v) is 6.85. The Morgan fingerprint density at radius 2 is 2.05 bits per heavy atom. The van der Waals surface area contributed by atoms with Gasteiger partial charge in [-0.3, -0.25) is 9.59 Å². The normalized spacial score (nSPS) is 15.1. The number of benzene rings is 1. The fraction of sp³-hybridized carbons (Fsp3) is 0.467. The molecule has 1 heterocycles. The van der Waals surface area contributed by atoms with Crippen LogP contribution in [-0.4, -0.2) is 54.9 Å². The average molecular weight is 276 g/mol. The van der Waals surface area contributed by atoms with Gasteiger partial charge < -0.3 is 14.5 Å². The van der Waals surface area contributed by atoms with E-state index in [9.17, 15) is 9.59 Å². The van der Waals surface area contributed by atoms with Gasteiger partial charge in [0, 0.05) is 26.2 Å². The van der Waals surface area contributed by atoms with Crippen LogP contribution in [0.3, 0.4) is 0 Å². The summed E-state index contributed by atoms with van der Waals surface area (Å²) in [5.74, 6) is 0.881. The molecule has 0 N–H and O–H groups in total. The maximum atomic E-state index is 12.0. The monoisotopic (exact) mass is 276 g/mol. The fourth-order valence-electron chi connectivity index (χ4n) is 2.20. The van der Waals surface area contributed by atoms with E-state index in [4.69, 9.17) is 4.74 Å². The Labute approximate surface area is 119 Å². The van der Waals surface area contributed by atoms with Gasteiger partial charge in [-0.25, -0.2) is 0 Å². The number of hydrogen-bond donors (Lipinski definition) is 0. The van der Waals surface area contributed by atoms with Crippen LogP contribution < -0.4 is 4.74 Å². The third kappa shape index (κ3) is 3.98. The zero-order valence-electron chi connectivity index (χ0n) is 11.7. The van der Waals surface area contributed by atoms with Crippen LogP contribution in [0.4, 0.5) is 0 Å². The molecule has 0 aromatic heterocycles. The zero-order chi connectivity index (χ0) is 14.4. The number of carbonyl (C=O) groups excluding carboxylic acids is 2. The van der Waals surface area contributed by atoms with Gasteiger partial charge in [0.2, 0.25) is 12.3 Å². The van der Waals surface area contributed by atoms with E-state index in [0.717, 1.165) is 17.7 Å². The summed E-state index contributed by atoms with van der Waals surface area (Å²) in [6, 6.07) is 7.78. The molecule has 1 aromatic carbocycles. The summed E-state index contributed by atoms with van der Waals surface area (Å²) < 4.78 is 5.58. The fourth-order valence-corrected chi connectivity index (χ4v) is 2.20. The standard InChI is InChI=1S/C15H20N2O3/c1-13-3-2-4-14(11-13)20-10-5-15(19)17-8-6-16(12-18)7-9-17/h2-4,11-12H,5-10H2,1H3. The Morgan fingerprint density at radius 3 is 2.70 bits per heavy atom. The average Bonchev–Trinajstić information content (AvgIpc) is 2.47. The highest BCUT2D eigenvalue weighted by Crippen LogP contribution is 2.12. The molecule has 0 atom stereocenters. The SMILES string of the molecule is Cc1cccc(OCCC(=O)N2CCN(C=O)CC2)c1. The largest absolute Gasteiger partial charge is 0.493 e. The number of nitrogens with zero attached hydrogens (tertiary/aromatic N) is 2. The van der Waals surface area contributed by atoms with Crippen molar-refractivity contribution >= 4 is 12.3 Å². The maximum absolute atomic E-state index is 12.0. The number of rotatable bonds is 5. The molecule has 0 unspecified atom stereocenters. The van der Waals surface area contributed by atoms with Crippen LogP contribution in [-0.2, 0) is 9.59 Å². The first kappa shape index (κ1) is 14.4. The molecule has 0 radical (unpaired) electrons. The summed E-state index contributed by atoms with van der Waals surface area (Å²) in [6.07, 6.45) is 1.21. The first-order chi connectivity index (χ1) is 9.69. The van der Waals surface area contributed by atoms with E-state index in [-0.39, 0.29) is 5.91 Å². The molecule has 1 aromatic rings. The van der Waals surface area contributed by atoms with E-state index in [1.165, 1.54) is 0 Å². The minimum Gasteiger partial charge on any atom is -0.493 e. The summed E-state index contributed by atoms with van der Waals surface area (Å²) in [5.41, 5.74) is 1.14. The quantitative estimate of drug-likeness (QED) is 0.756. The van der Waals surface area contributed by atoms with Crippen LogP contribution >= 0.6 is 0 Å². The molecule has 0 spiro atoms. The smallest absolute Gasteiger partial charge is 0.226 e. The van der Waals surface area contributed by atoms with Gasteiger partial charge in [0.05, 0.1) is 13.0 Å². The van der Waals surface area contributed by atoms with Crippen LogP contribution in [0.2, 0.25) is 0 Å². The third-order valence-corrected chi connectivity index (χ3v) is 3.39. The molecule has 108 valence electrons. The van der Waals surface area contributed by atoms with Crippen molar-refractivity contribution in [1.29, 1.82) is 0 Å². The number of ether oxygens (including phenoxy) is 1. The van der Waals surface area contributed by atoms with E-state index in [0.29, 0.717) is 39.2 Å². The lowest BCUT2D eigenvalue weighted by Crippen LogP contribution is -2.48. The number of hydrogen-bond acceptors (Lipinski definition) is 3. The second kappa shape index (κ2) is 6.93. The van der Waals surface area contributed by atoms with Crippen LogP contribution in [0.5, 0.6) is 5.75 Å². The van der Waals surface area contributed by atoms with Crippen LogP contribution in [0.15, 0.2) is 24.3 Å². The van der Waals surface area contributed by atoms with Crippen LogP contribution in [0, 0.1) is 6.92 Å². The number of piperazine rings is 1. The predicted molar refractivity (Wildman–Crippen MR) is 75.5 cm³/mol. The first-order valence-electron chi connectivity index (χ1n) is 6.85. The minimum absolute atomic E-state index is 0.0863. The molecule has 5 heteroatoms. The highest BCUT2D eigenvalue weighted by molar-refractivity contribution is 5.76. The van der Waals surface area contributed by atoms with Crippen molar-refractivity contribution in [1.82, 2.24) is 9.80 Å². The molecule has 1 saturated heterocycles. The summed E-state index contributed by atoms with van der Waals surface area (Å²) in [6.45, 7) is 4.85. The predicted octanol–water partition coefficient (Wildman–Crippen LogP) is 1.06. The summed E-state index contributed by atoms with van der Waals surface area (Å²) in [4.78, 5) is 26.1. The molecule has 5 nitrogen and oxygen atoms in total. The van der Waals surface area contributed by atoms with Crippen molar-refractivity contribution in [2.24, 2.45) is 0 Å². The van der Waals surface area contributed by atoms with E-state index >= 15 is 0 Å². The Bertz CT molecular complexity index is 468. The molecular formula is C15H20N2O3. The van der Waals surface area contributed by atoms with Gasteiger partial charge in [-0.15, -0.1) is 0 Å². The Balaban J connectivity index is 1.71. The topological polar surface area (TPSA) is 49.9 Å². The van der Waals surface area contributed by atoms with E-state index in [2.05, 4.69) is 0 Å². The Morgan fingerprint density at radius 1 is 1.30 bits per heavy atom. The van der Waals surface area contributed by atoms with Gasteiger partial charge in [0.1, 0.15) is 5.75 Å². The number of carbonyl (C=O) groups is 2. The van der Waals surface area contributed by atoms with E-state index in [1.807, 2.05) is 31.2 Å². The summed E-state index contributed by atoms with van der Waals surface area (Å²) in [7, 11) is 0. The van der Waals surface area contributed by atoms with Crippen molar-refractivity contribution in [3.63, 3.8) is 0 Å². The molecule has 2 rings (SSSR count). The molecule has 20 heavy (non-hydrogen) atoms. The van der Waals surface area contributed by atoms with E-state index < -0.39 is 0 Å². The summed E-state index contributed by atoms with van der Waals surface area (Å²) >= 11 is 0. The Hall–Kier alpha value is -2.04. The van der Waals surface area contributed by atoms with Crippen molar-refractivity contribution in [2.75, 3.05) is 32.8 Å². The highest BCUT2D eigenvalue weighted by Gasteiger charge is 2.19. The molecular weight excluding hydrogens is 256 g/mol. The maximum Gasteiger partial charge on any atom is 0.226 e. The zero-order valence-corrected chi connectivity index (χ0v) is 11.7. The Kier molecular flexibility index (Phi) is 4.98. The van der Waals surface area contributed by atoms with Gasteiger partial charge in [-0.05, 0) is 24.6 Å². The molecule has 1 fully saturated rings. The molecule has 1 aliphatic heterocycles.